The van der Waals surface area contributed by atoms with Gasteiger partial charge in [-0.3, -0.25) is 4.79 Å². The fourth-order valence-electron chi connectivity index (χ4n) is 3.63. The fourth-order valence-corrected chi connectivity index (χ4v) is 4.58. The number of anilines is 1. The van der Waals surface area contributed by atoms with Gasteiger partial charge in [0.1, 0.15) is 11.6 Å². The maximum atomic E-state index is 13.2. The highest BCUT2D eigenvalue weighted by Crippen LogP contribution is 2.28. The molecule has 1 amide bonds. The molecule has 1 heterocycles. The number of nitrogens with one attached hydrogen (secondary N) is 1. The number of amides is 1. The normalized spacial score (nSPS) is 14.7. The van der Waals surface area contributed by atoms with Gasteiger partial charge < -0.3 is 9.88 Å². The molecule has 0 spiro atoms. The fraction of sp³-hybridized carbons (Fsp3) is 0.476. The Labute approximate surface area is 180 Å². The maximum Gasteiger partial charge on any atom is 0.234 e. The van der Waals surface area contributed by atoms with E-state index in [4.69, 9.17) is 11.6 Å². The Morgan fingerprint density at radius 1 is 1.34 bits per heavy atom. The van der Waals surface area contributed by atoms with Crippen LogP contribution in [0.2, 0.25) is 5.02 Å². The number of hydrogen-bond donors (Lipinski definition) is 1. The number of aryl methyl sites for hydroxylation is 1. The second-order valence-electron chi connectivity index (χ2n) is 7.31. The van der Waals surface area contributed by atoms with Crippen LogP contribution in [0.3, 0.4) is 0 Å². The van der Waals surface area contributed by atoms with Crippen LogP contribution < -0.4 is 5.32 Å². The van der Waals surface area contributed by atoms with Crippen molar-refractivity contribution in [3.05, 3.63) is 47.5 Å². The number of carbonyl (C=O) groups excluding carboxylic acids is 1. The second-order valence-corrected chi connectivity index (χ2v) is 8.66. The van der Waals surface area contributed by atoms with Crippen LogP contribution in [0.15, 0.2) is 36.0 Å². The molecule has 0 radical (unpaired) electrons. The number of aromatic nitrogens is 3. The van der Waals surface area contributed by atoms with Crippen molar-refractivity contribution < 1.29 is 9.18 Å². The lowest BCUT2D eigenvalue weighted by Crippen LogP contribution is -2.15. The molecule has 0 unspecified atom stereocenters. The topological polar surface area (TPSA) is 59.8 Å². The Kier molecular flexibility index (Phi) is 8.12. The number of halogens is 2. The van der Waals surface area contributed by atoms with Gasteiger partial charge in [0.15, 0.2) is 5.16 Å². The molecule has 3 rings (SSSR count). The largest absolute Gasteiger partial charge is 0.325 e. The summed E-state index contributed by atoms with van der Waals surface area (Å²) in [6.07, 6.45) is 10.5. The van der Waals surface area contributed by atoms with Crippen LogP contribution in [0.5, 0.6) is 0 Å². The first-order valence-electron chi connectivity index (χ1n) is 9.97. The number of benzene rings is 1. The minimum Gasteiger partial charge on any atom is -0.325 e. The molecule has 8 heteroatoms. The monoisotopic (exact) mass is 436 g/mol. The summed E-state index contributed by atoms with van der Waals surface area (Å²) in [6.45, 7) is 4.44. The zero-order valence-electron chi connectivity index (χ0n) is 16.4. The highest BCUT2D eigenvalue weighted by Gasteiger charge is 2.17. The van der Waals surface area contributed by atoms with Gasteiger partial charge in [0.2, 0.25) is 5.91 Å². The van der Waals surface area contributed by atoms with Gasteiger partial charge in [-0.05, 0) is 30.5 Å². The first-order valence-corrected chi connectivity index (χ1v) is 11.3. The van der Waals surface area contributed by atoms with Crippen molar-refractivity contribution in [2.75, 3.05) is 11.1 Å². The third-order valence-corrected chi connectivity index (χ3v) is 6.40. The summed E-state index contributed by atoms with van der Waals surface area (Å²) in [5.41, 5.74) is 0.461. The second kappa shape index (κ2) is 10.8. The van der Waals surface area contributed by atoms with Crippen molar-refractivity contribution in [3.8, 4) is 0 Å². The summed E-state index contributed by atoms with van der Waals surface area (Å²) in [7, 11) is 0. The molecule has 1 aliphatic carbocycles. The Balaban J connectivity index is 1.56. The molecule has 2 aromatic rings. The molecule has 1 aliphatic rings. The molecule has 0 aliphatic heterocycles. The molecule has 5 nitrogen and oxygen atoms in total. The quantitative estimate of drug-likeness (QED) is 0.416. The standard InChI is InChI=1S/C21H26ClFN4OS/c1-2-12-27-19(11-8-15-6-4-3-5-7-15)25-26-21(27)29-14-20(28)24-16-9-10-18(23)17(22)13-16/h2,9-10,13,15H,1,3-8,11-12,14H2,(H,24,28). The van der Waals surface area contributed by atoms with Crippen molar-refractivity contribution >= 4 is 35.0 Å². The lowest BCUT2D eigenvalue weighted by Gasteiger charge is -2.21. The van der Waals surface area contributed by atoms with Crippen LogP contribution in [0.25, 0.3) is 0 Å². The first-order chi connectivity index (χ1) is 14.1. The highest BCUT2D eigenvalue weighted by molar-refractivity contribution is 7.99. The SMILES string of the molecule is C=CCn1c(CCC2CCCCC2)nnc1SCC(=O)Nc1ccc(F)c(Cl)c1. The zero-order chi connectivity index (χ0) is 20.6. The van der Waals surface area contributed by atoms with E-state index in [-0.39, 0.29) is 16.7 Å². The van der Waals surface area contributed by atoms with E-state index in [0.717, 1.165) is 24.6 Å². The van der Waals surface area contributed by atoms with Crippen LogP contribution in [0.1, 0.15) is 44.3 Å². The predicted octanol–water partition coefficient (Wildman–Crippen LogP) is 5.50. The summed E-state index contributed by atoms with van der Waals surface area (Å²) in [5, 5.41) is 12.0. The van der Waals surface area contributed by atoms with Crippen molar-refractivity contribution in [2.45, 2.75) is 56.6 Å². The summed E-state index contributed by atoms with van der Waals surface area (Å²) < 4.78 is 15.3. The minimum atomic E-state index is -0.516. The lowest BCUT2D eigenvalue weighted by molar-refractivity contribution is -0.113. The van der Waals surface area contributed by atoms with Crippen molar-refractivity contribution in [2.24, 2.45) is 5.92 Å². The van der Waals surface area contributed by atoms with E-state index in [1.54, 1.807) is 0 Å². The zero-order valence-corrected chi connectivity index (χ0v) is 17.9. The molecule has 1 fully saturated rings. The number of hydrogen-bond acceptors (Lipinski definition) is 4. The van der Waals surface area contributed by atoms with Gasteiger partial charge in [0.05, 0.1) is 10.8 Å². The van der Waals surface area contributed by atoms with Gasteiger partial charge in [-0.15, -0.1) is 16.8 Å². The smallest absolute Gasteiger partial charge is 0.234 e. The Morgan fingerprint density at radius 3 is 2.86 bits per heavy atom. The summed E-state index contributed by atoms with van der Waals surface area (Å²) in [5.74, 6) is 1.17. The molecule has 1 saturated carbocycles. The van der Waals surface area contributed by atoms with Crippen molar-refractivity contribution in [3.63, 3.8) is 0 Å². The molecule has 1 N–H and O–H groups in total. The number of nitrogens with zero attached hydrogens (tertiary/aromatic N) is 3. The van der Waals surface area contributed by atoms with Gasteiger partial charge >= 0.3 is 0 Å². The Hall–Kier alpha value is -1.86. The highest BCUT2D eigenvalue weighted by atomic mass is 35.5. The molecule has 29 heavy (non-hydrogen) atoms. The van der Waals surface area contributed by atoms with E-state index in [0.29, 0.717) is 17.4 Å². The van der Waals surface area contributed by atoms with Gasteiger partial charge in [0.25, 0.3) is 0 Å². The van der Waals surface area contributed by atoms with E-state index in [1.807, 2.05) is 10.6 Å². The summed E-state index contributed by atoms with van der Waals surface area (Å²) in [4.78, 5) is 12.2. The molecular formula is C21H26ClFN4OS. The van der Waals surface area contributed by atoms with Crippen molar-refractivity contribution in [1.82, 2.24) is 14.8 Å². The van der Waals surface area contributed by atoms with Gasteiger partial charge in [-0.2, -0.15) is 0 Å². The van der Waals surface area contributed by atoms with E-state index >= 15 is 0 Å². The van der Waals surface area contributed by atoms with Gasteiger partial charge in [0, 0.05) is 18.7 Å². The average Bonchev–Trinajstić information content (AvgIpc) is 3.10. The Bertz CT molecular complexity index is 851. The lowest BCUT2D eigenvalue weighted by atomic mass is 9.86. The number of thioether (sulfide) groups is 1. The van der Waals surface area contributed by atoms with E-state index in [2.05, 4.69) is 22.1 Å². The van der Waals surface area contributed by atoms with E-state index in [1.165, 1.54) is 62.1 Å². The third kappa shape index (κ3) is 6.31. The predicted molar refractivity (Wildman–Crippen MR) is 116 cm³/mol. The van der Waals surface area contributed by atoms with E-state index in [9.17, 15) is 9.18 Å². The Morgan fingerprint density at radius 2 is 2.14 bits per heavy atom. The van der Waals surface area contributed by atoms with Gasteiger partial charge in [-0.1, -0.05) is 61.5 Å². The maximum absolute atomic E-state index is 13.2. The average molecular weight is 437 g/mol. The van der Waals surface area contributed by atoms with Crippen molar-refractivity contribution in [1.29, 1.82) is 0 Å². The number of allylic oxidation sites excluding steroid dienone is 1. The molecule has 1 aromatic heterocycles. The number of rotatable bonds is 9. The summed E-state index contributed by atoms with van der Waals surface area (Å²) in [6, 6.07) is 4.10. The van der Waals surface area contributed by atoms with Crippen LogP contribution in [-0.4, -0.2) is 26.4 Å². The number of carbonyl (C=O) groups is 1. The molecule has 0 saturated heterocycles. The molecule has 1 aromatic carbocycles. The van der Waals surface area contributed by atoms with Crippen LogP contribution in [0.4, 0.5) is 10.1 Å². The molecule has 0 bridgehead atoms. The first kappa shape index (κ1) is 21.8. The van der Waals surface area contributed by atoms with Gasteiger partial charge in [-0.25, -0.2) is 4.39 Å². The van der Waals surface area contributed by atoms with Crippen LogP contribution in [-0.2, 0) is 17.8 Å². The van der Waals surface area contributed by atoms with Crippen LogP contribution >= 0.6 is 23.4 Å². The third-order valence-electron chi connectivity index (χ3n) is 5.14. The molecule has 156 valence electrons. The molecule has 0 atom stereocenters. The summed E-state index contributed by atoms with van der Waals surface area (Å²) >= 11 is 7.08. The van der Waals surface area contributed by atoms with Crippen LogP contribution in [0, 0.1) is 11.7 Å². The van der Waals surface area contributed by atoms with E-state index < -0.39 is 5.82 Å². The minimum absolute atomic E-state index is 0.0243. The molecular weight excluding hydrogens is 411 g/mol.